The van der Waals surface area contributed by atoms with Crippen LogP contribution in [0.2, 0.25) is 0 Å². The van der Waals surface area contributed by atoms with Gasteiger partial charge >= 0.3 is 0 Å². The predicted octanol–water partition coefficient (Wildman–Crippen LogP) is 0.964. The standard InChI is InChI=1S/C18H24N6O2/c1-26-12-4-7-20-18(25)15-13-22-17(14-21-15)24-10-8-23(9-11-24)16-5-2-3-6-19-16/h2-3,5-6,13-14H,4,7-12H2,1H3,(H,20,25). The molecule has 0 bridgehead atoms. The number of nitrogens with one attached hydrogen (secondary N) is 1. The van der Waals surface area contributed by atoms with Crippen molar-refractivity contribution in [3.8, 4) is 0 Å². The van der Waals surface area contributed by atoms with Gasteiger partial charge in [0.25, 0.3) is 5.91 Å². The zero-order valence-corrected chi connectivity index (χ0v) is 15.0. The lowest BCUT2D eigenvalue weighted by atomic mass is 10.3. The van der Waals surface area contributed by atoms with Crippen LogP contribution in [0.5, 0.6) is 0 Å². The number of pyridine rings is 1. The molecular weight excluding hydrogens is 332 g/mol. The van der Waals surface area contributed by atoms with Crippen LogP contribution >= 0.6 is 0 Å². The molecule has 26 heavy (non-hydrogen) atoms. The average Bonchev–Trinajstić information content (AvgIpc) is 2.72. The van der Waals surface area contributed by atoms with Gasteiger partial charge in [-0.3, -0.25) is 4.79 Å². The summed E-state index contributed by atoms with van der Waals surface area (Å²) in [5, 5.41) is 2.81. The Balaban J connectivity index is 1.51. The van der Waals surface area contributed by atoms with Crippen LogP contribution < -0.4 is 15.1 Å². The van der Waals surface area contributed by atoms with Crippen LogP contribution in [0.25, 0.3) is 0 Å². The van der Waals surface area contributed by atoms with Gasteiger partial charge in [0.05, 0.1) is 12.4 Å². The third-order valence-electron chi connectivity index (χ3n) is 4.26. The van der Waals surface area contributed by atoms with Gasteiger partial charge in [0.2, 0.25) is 0 Å². The molecule has 1 saturated heterocycles. The second-order valence-electron chi connectivity index (χ2n) is 6.02. The molecule has 1 aliphatic rings. The van der Waals surface area contributed by atoms with Gasteiger partial charge in [-0.1, -0.05) is 6.07 Å². The first-order valence-corrected chi connectivity index (χ1v) is 8.78. The Hall–Kier alpha value is -2.74. The molecule has 1 amide bonds. The van der Waals surface area contributed by atoms with E-state index >= 15 is 0 Å². The first kappa shape index (κ1) is 18.1. The molecule has 0 unspecified atom stereocenters. The van der Waals surface area contributed by atoms with Crippen molar-refractivity contribution in [1.29, 1.82) is 0 Å². The largest absolute Gasteiger partial charge is 0.385 e. The smallest absolute Gasteiger partial charge is 0.271 e. The molecule has 3 heterocycles. The molecule has 0 saturated carbocycles. The Morgan fingerprint density at radius 2 is 1.85 bits per heavy atom. The number of carbonyl (C=O) groups is 1. The molecule has 3 rings (SSSR count). The summed E-state index contributed by atoms with van der Waals surface area (Å²) >= 11 is 0. The summed E-state index contributed by atoms with van der Waals surface area (Å²) in [7, 11) is 1.64. The predicted molar refractivity (Wildman–Crippen MR) is 99.5 cm³/mol. The SMILES string of the molecule is COCCCNC(=O)c1cnc(N2CCN(c3ccccn3)CC2)cn1. The van der Waals surface area contributed by atoms with E-state index in [1.165, 1.54) is 6.20 Å². The molecule has 8 heteroatoms. The van der Waals surface area contributed by atoms with Gasteiger partial charge in [0.1, 0.15) is 17.3 Å². The molecule has 1 aliphatic heterocycles. The van der Waals surface area contributed by atoms with Gasteiger partial charge in [0, 0.05) is 52.6 Å². The highest BCUT2D eigenvalue weighted by molar-refractivity contribution is 5.91. The van der Waals surface area contributed by atoms with E-state index in [2.05, 4.69) is 30.1 Å². The van der Waals surface area contributed by atoms with Crippen LogP contribution in [0.1, 0.15) is 16.9 Å². The highest BCUT2D eigenvalue weighted by atomic mass is 16.5. The number of nitrogens with zero attached hydrogens (tertiary/aromatic N) is 5. The number of methoxy groups -OCH3 is 1. The molecule has 138 valence electrons. The summed E-state index contributed by atoms with van der Waals surface area (Å²) in [6.45, 7) is 4.61. The second kappa shape index (κ2) is 9.10. The zero-order chi connectivity index (χ0) is 18.2. The van der Waals surface area contributed by atoms with Crippen molar-refractivity contribution in [3.05, 3.63) is 42.5 Å². The Labute approximate surface area is 153 Å². The molecule has 1 N–H and O–H groups in total. The quantitative estimate of drug-likeness (QED) is 0.740. The van der Waals surface area contributed by atoms with Crippen LogP contribution in [0.3, 0.4) is 0 Å². The topological polar surface area (TPSA) is 83.5 Å². The fourth-order valence-electron chi connectivity index (χ4n) is 2.82. The fraction of sp³-hybridized carbons (Fsp3) is 0.444. The zero-order valence-electron chi connectivity index (χ0n) is 15.0. The highest BCUT2D eigenvalue weighted by Gasteiger charge is 2.19. The second-order valence-corrected chi connectivity index (χ2v) is 6.02. The van der Waals surface area contributed by atoms with Gasteiger partial charge in [0.15, 0.2) is 0 Å². The van der Waals surface area contributed by atoms with Gasteiger partial charge in [-0.05, 0) is 18.6 Å². The number of rotatable bonds is 7. The number of hydrogen-bond acceptors (Lipinski definition) is 7. The number of ether oxygens (including phenoxy) is 1. The minimum absolute atomic E-state index is 0.208. The van der Waals surface area contributed by atoms with Crippen molar-refractivity contribution < 1.29 is 9.53 Å². The Morgan fingerprint density at radius 3 is 2.46 bits per heavy atom. The Morgan fingerprint density at radius 1 is 1.08 bits per heavy atom. The van der Waals surface area contributed by atoms with Crippen molar-refractivity contribution >= 4 is 17.5 Å². The Kier molecular flexibility index (Phi) is 6.32. The molecule has 0 aliphatic carbocycles. The van der Waals surface area contributed by atoms with E-state index in [0.29, 0.717) is 18.8 Å². The lowest BCUT2D eigenvalue weighted by molar-refractivity contribution is 0.0943. The van der Waals surface area contributed by atoms with Gasteiger partial charge in [-0.25, -0.2) is 15.0 Å². The van der Waals surface area contributed by atoms with E-state index in [-0.39, 0.29) is 5.91 Å². The third kappa shape index (κ3) is 4.66. The monoisotopic (exact) mass is 356 g/mol. The summed E-state index contributed by atoms with van der Waals surface area (Å²) in [6.07, 6.45) is 5.78. The van der Waals surface area contributed by atoms with Crippen LogP contribution in [-0.4, -0.2) is 67.3 Å². The Bertz CT molecular complexity index is 687. The molecule has 2 aromatic rings. The third-order valence-corrected chi connectivity index (χ3v) is 4.26. The van der Waals surface area contributed by atoms with Crippen LogP contribution in [0, 0.1) is 0 Å². The number of amides is 1. The molecule has 2 aromatic heterocycles. The fourth-order valence-corrected chi connectivity index (χ4v) is 2.82. The number of hydrogen-bond donors (Lipinski definition) is 1. The van der Waals surface area contributed by atoms with Gasteiger partial charge in [-0.15, -0.1) is 0 Å². The van der Waals surface area contributed by atoms with E-state index in [9.17, 15) is 4.79 Å². The maximum absolute atomic E-state index is 12.0. The lowest BCUT2D eigenvalue weighted by Gasteiger charge is -2.35. The summed E-state index contributed by atoms with van der Waals surface area (Å²) < 4.78 is 4.96. The molecular formula is C18H24N6O2. The first-order valence-electron chi connectivity index (χ1n) is 8.78. The molecule has 1 fully saturated rings. The van der Waals surface area contributed by atoms with Crippen LogP contribution in [0.4, 0.5) is 11.6 Å². The summed E-state index contributed by atoms with van der Waals surface area (Å²) in [5.74, 6) is 1.58. The number of piperazine rings is 1. The van der Waals surface area contributed by atoms with Crippen LogP contribution in [-0.2, 0) is 4.74 Å². The van der Waals surface area contributed by atoms with Crippen molar-refractivity contribution in [1.82, 2.24) is 20.3 Å². The van der Waals surface area contributed by atoms with Gasteiger partial charge in [-0.2, -0.15) is 0 Å². The normalized spacial score (nSPS) is 14.3. The number of anilines is 2. The van der Waals surface area contributed by atoms with Crippen molar-refractivity contribution in [2.45, 2.75) is 6.42 Å². The number of aromatic nitrogens is 3. The highest BCUT2D eigenvalue weighted by Crippen LogP contribution is 2.16. The van der Waals surface area contributed by atoms with E-state index in [1.807, 2.05) is 24.4 Å². The number of carbonyl (C=O) groups excluding carboxylic acids is 1. The summed E-state index contributed by atoms with van der Waals surface area (Å²) in [5.41, 5.74) is 0.332. The average molecular weight is 356 g/mol. The van der Waals surface area contributed by atoms with E-state index in [1.54, 1.807) is 13.3 Å². The summed E-state index contributed by atoms with van der Waals surface area (Å²) in [4.78, 5) is 29.5. The molecule has 0 spiro atoms. The van der Waals surface area contributed by atoms with Crippen molar-refractivity contribution in [3.63, 3.8) is 0 Å². The van der Waals surface area contributed by atoms with Gasteiger partial charge < -0.3 is 19.9 Å². The molecule has 0 atom stereocenters. The molecule has 8 nitrogen and oxygen atoms in total. The van der Waals surface area contributed by atoms with E-state index in [4.69, 9.17) is 4.74 Å². The summed E-state index contributed by atoms with van der Waals surface area (Å²) in [6, 6.07) is 5.94. The maximum atomic E-state index is 12.0. The minimum atomic E-state index is -0.208. The molecule has 0 radical (unpaired) electrons. The lowest BCUT2D eigenvalue weighted by Crippen LogP contribution is -2.47. The van der Waals surface area contributed by atoms with Crippen LogP contribution in [0.15, 0.2) is 36.8 Å². The molecule has 0 aromatic carbocycles. The van der Waals surface area contributed by atoms with Crippen molar-refractivity contribution in [2.24, 2.45) is 0 Å². The maximum Gasteiger partial charge on any atom is 0.271 e. The van der Waals surface area contributed by atoms with Crippen molar-refractivity contribution in [2.75, 3.05) is 56.2 Å². The van der Waals surface area contributed by atoms with E-state index < -0.39 is 0 Å². The first-order chi connectivity index (χ1) is 12.8. The minimum Gasteiger partial charge on any atom is -0.385 e. The van der Waals surface area contributed by atoms with E-state index in [0.717, 1.165) is 44.2 Å².